The first-order chi connectivity index (χ1) is 11.4. The highest BCUT2D eigenvalue weighted by Gasteiger charge is 2.16. The fourth-order valence-corrected chi connectivity index (χ4v) is 3.60. The molecule has 2 aromatic rings. The summed E-state index contributed by atoms with van der Waals surface area (Å²) in [6, 6.07) is 4.60. The second kappa shape index (κ2) is 8.00. The lowest BCUT2D eigenvalue weighted by Crippen LogP contribution is -2.12. The number of hydrogen-bond acceptors (Lipinski definition) is 6. The first kappa shape index (κ1) is 18.8. The molecule has 7 nitrogen and oxygen atoms in total. The van der Waals surface area contributed by atoms with Gasteiger partial charge in [-0.1, -0.05) is 25.1 Å². The first-order valence-electron chi connectivity index (χ1n) is 7.68. The molecule has 0 aliphatic heterocycles. The Morgan fingerprint density at radius 2 is 2.12 bits per heavy atom. The molecule has 0 aliphatic carbocycles. The van der Waals surface area contributed by atoms with E-state index in [1.165, 1.54) is 23.9 Å². The summed E-state index contributed by atoms with van der Waals surface area (Å²) >= 11 is 1.28. The average Bonchev–Trinajstić information content (AvgIpc) is 2.87. The van der Waals surface area contributed by atoms with Gasteiger partial charge in [0.1, 0.15) is 0 Å². The van der Waals surface area contributed by atoms with Gasteiger partial charge in [-0.2, -0.15) is 0 Å². The highest BCUT2D eigenvalue weighted by atomic mass is 32.2. The van der Waals surface area contributed by atoms with E-state index >= 15 is 0 Å². The minimum Gasteiger partial charge on any atom is -0.465 e. The van der Waals surface area contributed by atoms with Crippen molar-refractivity contribution in [3.05, 3.63) is 18.2 Å². The number of benzene rings is 1. The molecule has 9 heteroatoms. The molecular formula is C15H21N3O4S2. The van der Waals surface area contributed by atoms with Crippen molar-refractivity contribution in [2.75, 3.05) is 12.4 Å². The van der Waals surface area contributed by atoms with E-state index in [2.05, 4.69) is 11.9 Å². The molecule has 1 aromatic carbocycles. The van der Waals surface area contributed by atoms with Crippen LogP contribution in [-0.2, 0) is 26.1 Å². The van der Waals surface area contributed by atoms with Crippen LogP contribution in [0, 0.1) is 0 Å². The number of nitrogens with zero attached hydrogens (tertiary/aromatic N) is 2. The monoisotopic (exact) mass is 371 g/mol. The highest BCUT2D eigenvalue weighted by molar-refractivity contribution is 7.99. The van der Waals surface area contributed by atoms with E-state index in [1.807, 2.05) is 4.57 Å². The number of aryl methyl sites for hydroxylation is 1. The number of carbonyl (C=O) groups excluding carboxylic acids is 1. The number of carbonyl (C=O) groups is 1. The quantitative estimate of drug-likeness (QED) is 0.563. The molecule has 0 bridgehead atoms. The van der Waals surface area contributed by atoms with E-state index in [0.29, 0.717) is 29.3 Å². The number of sulfonamides is 1. The van der Waals surface area contributed by atoms with Gasteiger partial charge in [0.15, 0.2) is 5.16 Å². The van der Waals surface area contributed by atoms with Crippen LogP contribution in [0.4, 0.5) is 0 Å². The van der Waals surface area contributed by atoms with Crippen molar-refractivity contribution in [3.63, 3.8) is 0 Å². The summed E-state index contributed by atoms with van der Waals surface area (Å²) in [6.45, 7) is 4.85. The van der Waals surface area contributed by atoms with E-state index < -0.39 is 10.0 Å². The van der Waals surface area contributed by atoms with E-state index in [4.69, 9.17) is 9.88 Å². The zero-order valence-corrected chi connectivity index (χ0v) is 15.3. The maximum Gasteiger partial charge on any atom is 0.316 e. The number of fused-ring (bicyclic) bond motifs is 1. The highest BCUT2D eigenvalue weighted by Crippen LogP contribution is 2.26. The number of rotatable bonds is 8. The number of thioether (sulfide) groups is 1. The largest absolute Gasteiger partial charge is 0.465 e. The summed E-state index contributed by atoms with van der Waals surface area (Å²) in [5, 5.41) is 5.88. The van der Waals surface area contributed by atoms with Crippen LogP contribution in [0.15, 0.2) is 28.3 Å². The molecule has 0 unspecified atom stereocenters. The van der Waals surface area contributed by atoms with Crippen LogP contribution in [0.1, 0.15) is 26.7 Å². The molecule has 132 valence electrons. The standard InChI is InChI=1S/C15H21N3O4S2/c1-3-5-8-18-13-9-11(24(16,20)21)6-7-12(13)17-15(18)23-10-14(19)22-4-2/h6-7,9H,3-5,8,10H2,1-2H3,(H2,16,20,21). The number of esters is 1. The molecule has 24 heavy (non-hydrogen) atoms. The molecule has 1 heterocycles. The third-order valence-electron chi connectivity index (χ3n) is 3.37. The van der Waals surface area contributed by atoms with Crippen molar-refractivity contribution in [3.8, 4) is 0 Å². The van der Waals surface area contributed by atoms with Gasteiger partial charge in [0.05, 0.1) is 28.3 Å². The van der Waals surface area contributed by atoms with Crippen LogP contribution in [0.25, 0.3) is 11.0 Å². The normalized spacial score (nSPS) is 11.8. The van der Waals surface area contributed by atoms with Crippen LogP contribution in [-0.4, -0.2) is 36.3 Å². The average molecular weight is 371 g/mol. The van der Waals surface area contributed by atoms with Gasteiger partial charge in [0.25, 0.3) is 0 Å². The molecule has 2 rings (SSSR count). The van der Waals surface area contributed by atoms with E-state index in [1.54, 1.807) is 13.0 Å². The molecule has 0 spiro atoms. The maximum atomic E-state index is 11.6. The number of hydrogen-bond donors (Lipinski definition) is 1. The third-order valence-corrected chi connectivity index (χ3v) is 5.23. The van der Waals surface area contributed by atoms with Crippen LogP contribution in [0.5, 0.6) is 0 Å². The molecule has 0 radical (unpaired) electrons. The molecule has 0 saturated heterocycles. The minimum atomic E-state index is -3.78. The van der Waals surface area contributed by atoms with E-state index in [0.717, 1.165) is 12.8 Å². The van der Waals surface area contributed by atoms with Gasteiger partial charge in [0.2, 0.25) is 10.0 Å². The Morgan fingerprint density at radius 3 is 2.75 bits per heavy atom. The SMILES string of the molecule is CCCCn1c(SCC(=O)OCC)nc2ccc(S(N)(=O)=O)cc21. The van der Waals surface area contributed by atoms with Crippen LogP contribution in [0.3, 0.4) is 0 Å². The fourth-order valence-electron chi connectivity index (χ4n) is 2.23. The second-order valence-corrected chi connectivity index (χ2v) is 7.69. The Morgan fingerprint density at radius 1 is 1.38 bits per heavy atom. The van der Waals surface area contributed by atoms with Crippen LogP contribution >= 0.6 is 11.8 Å². The Bertz CT molecular complexity index is 831. The Labute approximate surface area is 145 Å². The third kappa shape index (κ3) is 4.49. The van der Waals surface area contributed by atoms with E-state index in [-0.39, 0.29) is 16.6 Å². The molecule has 2 N–H and O–H groups in total. The van der Waals surface area contributed by atoms with Crippen molar-refractivity contribution in [1.82, 2.24) is 9.55 Å². The summed E-state index contributed by atoms with van der Waals surface area (Å²) in [5.41, 5.74) is 1.37. The molecule has 0 aliphatic rings. The summed E-state index contributed by atoms with van der Waals surface area (Å²) in [7, 11) is -3.78. The van der Waals surface area contributed by atoms with Gasteiger partial charge in [-0.25, -0.2) is 18.5 Å². The van der Waals surface area contributed by atoms with Crippen molar-refractivity contribution < 1.29 is 17.9 Å². The molecule has 0 fully saturated rings. The summed E-state index contributed by atoms with van der Waals surface area (Å²) in [4.78, 5) is 16.1. The number of nitrogens with two attached hydrogens (primary N) is 1. The number of unbranched alkanes of at least 4 members (excludes halogenated alkanes) is 1. The van der Waals surface area contributed by atoms with Crippen LogP contribution < -0.4 is 5.14 Å². The summed E-state index contributed by atoms with van der Waals surface area (Å²) < 4.78 is 30.0. The number of aromatic nitrogens is 2. The predicted molar refractivity (Wildman–Crippen MR) is 93.4 cm³/mol. The van der Waals surface area contributed by atoms with Gasteiger partial charge in [0, 0.05) is 6.54 Å². The molecule has 0 amide bonds. The topological polar surface area (TPSA) is 104 Å². The molecular weight excluding hydrogens is 350 g/mol. The Balaban J connectivity index is 2.40. The smallest absolute Gasteiger partial charge is 0.316 e. The lowest BCUT2D eigenvalue weighted by atomic mass is 10.3. The minimum absolute atomic E-state index is 0.0505. The van der Waals surface area contributed by atoms with Gasteiger partial charge in [-0.15, -0.1) is 0 Å². The van der Waals surface area contributed by atoms with Gasteiger partial charge < -0.3 is 9.30 Å². The molecule has 0 atom stereocenters. The first-order valence-corrected chi connectivity index (χ1v) is 10.2. The van der Waals surface area contributed by atoms with Crippen molar-refractivity contribution in [2.24, 2.45) is 5.14 Å². The van der Waals surface area contributed by atoms with Gasteiger partial charge in [-0.3, -0.25) is 4.79 Å². The summed E-state index contributed by atoms with van der Waals surface area (Å²) in [5.74, 6) is -0.146. The van der Waals surface area contributed by atoms with Gasteiger partial charge >= 0.3 is 5.97 Å². The molecule has 0 saturated carbocycles. The fraction of sp³-hybridized carbons (Fsp3) is 0.467. The van der Waals surface area contributed by atoms with Crippen molar-refractivity contribution >= 4 is 38.8 Å². The second-order valence-electron chi connectivity index (χ2n) is 5.19. The lowest BCUT2D eigenvalue weighted by molar-refractivity contribution is -0.139. The summed E-state index contributed by atoms with van der Waals surface area (Å²) in [6.07, 6.45) is 1.90. The maximum absolute atomic E-state index is 11.6. The zero-order chi connectivity index (χ0) is 17.7. The van der Waals surface area contributed by atoms with Gasteiger partial charge in [-0.05, 0) is 31.5 Å². The lowest BCUT2D eigenvalue weighted by Gasteiger charge is -2.08. The number of primary sulfonamides is 1. The predicted octanol–water partition coefficient (Wildman–Crippen LogP) is 2.14. The van der Waals surface area contributed by atoms with Crippen molar-refractivity contribution in [1.29, 1.82) is 0 Å². The van der Waals surface area contributed by atoms with E-state index in [9.17, 15) is 13.2 Å². The molecule has 1 aromatic heterocycles. The Kier molecular flexibility index (Phi) is 6.25. The number of imidazole rings is 1. The number of ether oxygens (including phenoxy) is 1. The van der Waals surface area contributed by atoms with Crippen molar-refractivity contribution in [2.45, 2.75) is 43.3 Å². The van der Waals surface area contributed by atoms with Crippen LogP contribution in [0.2, 0.25) is 0 Å². The zero-order valence-electron chi connectivity index (χ0n) is 13.7. The Hall–Kier alpha value is -1.58.